The second kappa shape index (κ2) is 9.57. The molecule has 0 radical (unpaired) electrons. The normalized spacial score (nSPS) is 12.3. The monoisotopic (exact) mass is 493 g/mol. The number of ether oxygens (including phenoxy) is 2. The maximum atomic E-state index is 13.0. The molecule has 1 heterocycles. The lowest BCUT2D eigenvalue weighted by Gasteiger charge is -2.13. The Morgan fingerprint density at radius 3 is 2.44 bits per heavy atom. The fraction of sp³-hybridized carbons (Fsp3) is 0.0833. The van der Waals surface area contributed by atoms with E-state index in [4.69, 9.17) is 15.2 Å². The summed E-state index contributed by atoms with van der Waals surface area (Å²) in [5.41, 5.74) is 8.47. The fourth-order valence-corrected chi connectivity index (χ4v) is 3.54. The van der Waals surface area contributed by atoms with Crippen molar-refractivity contribution < 1.29 is 19.1 Å². The zero-order valence-electron chi connectivity index (χ0n) is 16.9. The summed E-state index contributed by atoms with van der Waals surface area (Å²) < 4.78 is 11.5. The fourth-order valence-electron chi connectivity index (χ4n) is 3.11. The minimum Gasteiger partial charge on any atom is -0.454 e. The van der Waals surface area contributed by atoms with E-state index in [-0.39, 0.29) is 19.0 Å². The quantitative estimate of drug-likeness (QED) is 0.357. The number of carbonyl (C=O) groups is 2. The Morgan fingerprint density at radius 1 is 1.00 bits per heavy atom. The molecule has 3 aromatic rings. The molecular formula is C24H20BrN3O4. The third kappa shape index (κ3) is 4.92. The van der Waals surface area contributed by atoms with Crippen LogP contribution in [0.5, 0.6) is 11.5 Å². The summed E-state index contributed by atoms with van der Waals surface area (Å²) in [6.07, 6.45) is 1.58. The van der Waals surface area contributed by atoms with Gasteiger partial charge in [0.2, 0.25) is 6.79 Å². The standard InChI is InChI=1S/C24H20BrN3O4/c25-18-12-22-21(31-14-32-22)11-17(18)10-20(28-23(29)15-6-2-1-3-7-15)24(30)27-13-16-8-4-5-9-19(16)26/h1-12H,13-14,26H2,(H,27,30)(H,28,29)/b20-10+. The molecule has 1 aliphatic rings. The van der Waals surface area contributed by atoms with Gasteiger partial charge in [-0.1, -0.05) is 52.3 Å². The molecule has 0 unspecified atom stereocenters. The number of nitrogen functional groups attached to an aromatic ring is 1. The van der Waals surface area contributed by atoms with E-state index in [1.54, 1.807) is 48.5 Å². The van der Waals surface area contributed by atoms with Crippen molar-refractivity contribution >= 4 is 39.5 Å². The maximum Gasteiger partial charge on any atom is 0.268 e. The highest BCUT2D eigenvalue weighted by molar-refractivity contribution is 9.10. The molecule has 0 saturated heterocycles. The van der Waals surface area contributed by atoms with Crippen molar-refractivity contribution in [3.8, 4) is 11.5 Å². The van der Waals surface area contributed by atoms with Gasteiger partial charge in [0.05, 0.1) is 0 Å². The highest BCUT2D eigenvalue weighted by atomic mass is 79.9. The Balaban J connectivity index is 1.62. The van der Waals surface area contributed by atoms with E-state index in [1.165, 1.54) is 0 Å². The molecular weight excluding hydrogens is 474 g/mol. The Hall–Kier alpha value is -3.78. The van der Waals surface area contributed by atoms with Crippen molar-refractivity contribution in [3.05, 3.63) is 93.6 Å². The maximum absolute atomic E-state index is 13.0. The smallest absolute Gasteiger partial charge is 0.268 e. The molecule has 162 valence electrons. The van der Waals surface area contributed by atoms with Crippen molar-refractivity contribution in [2.75, 3.05) is 12.5 Å². The average Bonchev–Trinajstić information content (AvgIpc) is 3.25. The van der Waals surface area contributed by atoms with Crippen LogP contribution >= 0.6 is 15.9 Å². The summed E-state index contributed by atoms with van der Waals surface area (Å²) in [4.78, 5) is 25.8. The molecule has 0 fully saturated rings. The summed E-state index contributed by atoms with van der Waals surface area (Å²) in [5.74, 6) is 0.309. The van der Waals surface area contributed by atoms with Crippen molar-refractivity contribution in [2.24, 2.45) is 0 Å². The molecule has 0 spiro atoms. The molecule has 8 heteroatoms. The van der Waals surface area contributed by atoms with Crippen LogP contribution in [0.2, 0.25) is 0 Å². The minimum absolute atomic E-state index is 0.0768. The van der Waals surface area contributed by atoms with E-state index in [9.17, 15) is 9.59 Å². The van der Waals surface area contributed by atoms with Gasteiger partial charge in [0.1, 0.15) is 5.70 Å². The topological polar surface area (TPSA) is 103 Å². The van der Waals surface area contributed by atoms with Crippen LogP contribution < -0.4 is 25.8 Å². The lowest BCUT2D eigenvalue weighted by atomic mass is 10.1. The molecule has 0 saturated carbocycles. The molecule has 1 aliphatic heterocycles. The predicted molar refractivity (Wildman–Crippen MR) is 125 cm³/mol. The highest BCUT2D eigenvalue weighted by Crippen LogP contribution is 2.37. The first-order valence-corrected chi connectivity index (χ1v) is 10.6. The van der Waals surface area contributed by atoms with E-state index in [2.05, 4.69) is 26.6 Å². The van der Waals surface area contributed by atoms with Crippen LogP contribution in [-0.2, 0) is 11.3 Å². The minimum atomic E-state index is -0.456. The van der Waals surface area contributed by atoms with Gasteiger partial charge in [0.25, 0.3) is 11.8 Å². The molecule has 0 bridgehead atoms. The number of nitrogens with two attached hydrogens (primary N) is 1. The SMILES string of the molecule is Nc1ccccc1CNC(=O)/C(=C\c1cc2c(cc1Br)OCO2)NC(=O)c1ccccc1. The number of nitrogens with one attached hydrogen (secondary N) is 2. The molecule has 4 N–H and O–H groups in total. The number of carbonyl (C=O) groups excluding carboxylic acids is 2. The van der Waals surface area contributed by atoms with Gasteiger partial charge in [0, 0.05) is 22.3 Å². The third-order valence-corrected chi connectivity index (χ3v) is 5.50. The summed E-state index contributed by atoms with van der Waals surface area (Å²) >= 11 is 3.48. The predicted octanol–water partition coefficient (Wildman–Crippen LogP) is 3.85. The second-order valence-corrected chi connectivity index (χ2v) is 7.84. The Kier molecular flexibility index (Phi) is 6.42. The highest BCUT2D eigenvalue weighted by Gasteiger charge is 2.19. The molecule has 4 rings (SSSR count). The van der Waals surface area contributed by atoms with Crippen LogP contribution in [-0.4, -0.2) is 18.6 Å². The zero-order chi connectivity index (χ0) is 22.5. The third-order valence-electron chi connectivity index (χ3n) is 4.82. The number of halogens is 1. The molecule has 32 heavy (non-hydrogen) atoms. The van der Waals surface area contributed by atoms with Crippen LogP contribution in [0.1, 0.15) is 21.5 Å². The molecule has 0 aliphatic carbocycles. The van der Waals surface area contributed by atoms with Crippen LogP contribution in [0.25, 0.3) is 6.08 Å². The van der Waals surface area contributed by atoms with E-state index in [0.717, 1.165) is 5.56 Å². The molecule has 0 aromatic heterocycles. The van der Waals surface area contributed by atoms with Crippen molar-refractivity contribution in [2.45, 2.75) is 6.54 Å². The summed E-state index contributed by atoms with van der Waals surface area (Å²) in [6, 6.07) is 19.4. The lowest BCUT2D eigenvalue weighted by Crippen LogP contribution is -2.34. The second-order valence-electron chi connectivity index (χ2n) is 6.99. The number of para-hydroxylation sites is 1. The van der Waals surface area contributed by atoms with Crippen molar-refractivity contribution in [1.29, 1.82) is 0 Å². The molecule has 2 amide bonds. The van der Waals surface area contributed by atoms with E-state index >= 15 is 0 Å². The molecule has 7 nitrogen and oxygen atoms in total. The van der Waals surface area contributed by atoms with Crippen molar-refractivity contribution in [3.63, 3.8) is 0 Å². The number of benzene rings is 3. The first-order chi connectivity index (χ1) is 15.5. The van der Waals surface area contributed by atoms with Gasteiger partial charge in [-0.3, -0.25) is 9.59 Å². The van der Waals surface area contributed by atoms with Gasteiger partial charge in [-0.25, -0.2) is 0 Å². The number of hydrogen-bond donors (Lipinski definition) is 3. The summed E-state index contributed by atoms with van der Waals surface area (Å²) in [6.45, 7) is 0.345. The molecule has 3 aromatic carbocycles. The zero-order valence-corrected chi connectivity index (χ0v) is 18.5. The number of rotatable bonds is 6. The first kappa shape index (κ1) is 21.5. The van der Waals surface area contributed by atoms with Gasteiger partial charge in [0.15, 0.2) is 11.5 Å². The largest absolute Gasteiger partial charge is 0.454 e. The summed E-state index contributed by atoms with van der Waals surface area (Å²) in [5, 5.41) is 5.53. The first-order valence-electron chi connectivity index (χ1n) is 9.80. The van der Waals surface area contributed by atoms with E-state index < -0.39 is 11.8 Å². The Morgan fingerprint density at radius 2 is 1.69 bits per heavy atom. The summed E-state index contributed by atoms with van der Waals surface area (Å²) in [7, 11) is 0. The van der Waals surface area contributed by atoms with Crippen molar-refractivity contribution in [1.82, 2.24) is 10.6 Å². The van der Waals surface area contributed by atoms with Gasteiger partial charge in [-0.15, -0.1) is 0 Å². The molecule has 0 atom stereocenters. The number of fused-ring (bicyclic) bond motifs is 1. The average molecular weight is 494 g/mol. The van der Waals surface area contributed by atoms with E-state index in [1.807, 2.05) is 24.3 Å². The van der Waals surface area contributed by atoms with E-state index in [0.29, 0.717) is 32.8 Å². The lowest BCUT2D eigenvalue weighted by molar-refractivity contribution is -0.117. The Labute approximate surface area is 193 Å². The number of anilines is 1. The van der Waals surface area contributed by atoms with Gasteiger partial charge < -0.3 is 25.8 Å². The number of hydrogen-bond acceptors (Lipinski definition) is 5. The van der Waals surface area contributed by atoms with Gasteiger partial charge in [-0.05, 0) is 47.5 Å². The van der Waals surface area contributed by atoms with Gasteiger partial charge in [-0.2, -0.15) is 0 Å². The van der Waals surface area contributed by atoms with Crippen LogP contribution in [0.3, 0.4) is 0 Å². The van der Waals surface area contributed by atoms with Gasteiger partial charge >= 0.3 is 0 Å². The Bertz CT molecular complexity index is 1200. The van der Waals surface area contributed by atoms with Crippen LogP contribution in [0.15, 0.2) is 76.9 Å². The number of amides is 2. The van der Waals surface area contributed by atoms with Crippen LogP contribution in [0, 0.1) is 0 Å². The van der Waals surface area contributed by atoms with Crippen LogP contribution in [0.4, 0.5) is 5.69 Å².